The van der Waals surface area contributed by atoms with Gasteiger partial charge in [-0.2, -0.15) is 0 Å². The molecular formula is C25H24ClN3O4. The summed E-state index contributed by atoms with van der Waals surface area (Å²) in [5.74, 6) is 1.21. The molecule has 2 aliphatic rings. The number of ether oxygens (including phenoxy) is 1. The van der Waals surface area contributed by atoms with Gasteiger partial charge in [0, 0.05) is 26.2 Å². The number of aryl methyl sites for hydroxylation is 1. The zero-order chi connectivity index (χ0) is 22.9. The van der Waals surface area contributed by atoms with Gasteiger partial charge in [-0.15, -0.1) is 0 Å². The highest BCUT2D eigenvalue weighted by Crippen LogP contribution is 2.34. The molecule has 0 N–H and O–H groups in total. The Kier molecular flexibility index (Phi) is 5.72. The molecule has 0 radical (unpaired) electrons. The number of benzene rings is 2. The van der Waals surface area contributed by atoms with Crippen LogP contribution in [0.3, 0.4) is 0 Å². The fourth-order valence-electron chi connectivity index (χ4n) is 4.23. The van der Waals surface area contributed by atoms with Crippen molar-refractivity contribution in [3.8, 4) is 5.75 Å². The van der Waals surface area contributed by atoms with Gasteiger partial charge in [0.2, 0.25) is 0 Å². The van der Waals surface area contributed by atoms with Gasteiger partial charge in [0.15, 0.2) is 12.4 Å². The summed E-state index contributed by atoms with van der Waals surface area (Å²) in [7, 11) is 0. The van der Waals surface area contributed by atoms with E-state index in [1.807, 2.05) is 49.4 Å². The molecular weight excluding hydrogens is 442 g/mol. The smallest absolute Gasteiger partial charge is 0.289 e. The average molecular weight is 466 g/mol. The molecule has 33 heavy (non-hydrogen) atoms. The van der Waals surface area contributed by atoms with Crippen LogP contribution in [0.15, 0.2) is 59.0 Å². The topological polar surface area (TPSA) is 66.2 Å². The zero-order valence-electron chi connectivity index (χ0n) is 18.3. The van der Waals surface area contributed by atoms with Crippen LogP contribution in [0.2, 0.25) is 5.02 Å². The SMILES string of the molecule is Cc1ccc2c(c1)OCC(=O)N2Cc1ccc(C(=O)N2CCN(c3ccccc3Cl)CC2)o1. The lowest BCUT2D eigenvalue weighted by atomic mass is 10.1. The van der Waals surface area contributed by atoms with Crippen LogP contribution in [-0.2, 0) is 11.3 Å². The van der Waals surface area contributed by atoms with Crippen molar-refractivity contribution in [3.05, 3.63) is 76.7 Å². The fourth-order valence-corrected chi connectivity index (χ4v) is 4.49. The molecule has 0 atom stereocenters. The van der Waals surface area contributed by atoms with E-state index in [-0.39, 0.29) is 30.7 Å². The van der Waals surface area contributed by atoms with Gasteiger partial charge in [-0.05, 0) is 48.9 Å². The van der Waals surface area contributed by atoms with Crippen molar-refractivity contribution >= 4 is 34.8 Å². The molecule has 0 saturated carbocycles. The zero-order valence-corrected chi connectivity index (χ0v) is 19.0. The molecule has 1 aromatic heterocycles. The first-order valence-electron chi connectivity index (χ1n) is 10.9. The van der Waals surface area contributed by atoms with Crippen LogP contribution < -0.4 is 14.5 Å². The Bertz CT molecular complexity index is 1200. The second kappa shape index (κ2) is 8.83. The van der Waals surface area contributed by atoms with Crippen LogP contribution in [0.4, 0.5) is 11.4 Å². The van der Waals surface area contributed by atoms with Crippen LogP contribution in [0.5, 0.6) is 5.75 Å². The van der Waals surface area contributed by atoms with E-state index in [2.05, 4.69) is 4.90 Å². The van der Waals surface area contributed by atoms with Gasteiger partial charge >= 0.3 is 0 Å². The average Bonchev–Trinajstić information content (AvgIpc) is 3.29. The molecule has 3 aromatic rings. The van der Waals surface area contributed by atoms with Gasteiger partial charge < -0.3 is 19.0 Å². The normalized spacial score (nSPS) is 15.9. The molecule has 2 aliphatic heterocycles. The van der Waals surface area contributed by atoms with Gasteiger partial charge in [0.1, 0.15) is 11.5 Å². The quantitative estimate of drug-likeness (QED) is 0.579. The molecule has 8 heteroatoms. The maximum atomic E-state index is 13.0. The summed E-state index contributed by atoms with van der Waals surface area (Å²) in [6.45, 7) is 4.75. The van der Waals surface area contributed by atoms with E-state index < -0.39 is 0 Å². The molecule has 0 aliphatic carbocycles. The third-order valence-electron chi connectivity index (χ3n) is 6.00. The summed E-state index contributed by atoms with van der Waals surface area (Å²) >= 11 is 6.31. The molecule has 0 unspecified atom stereocenters. The lowest BCUT2D eigenvalue weighted by Gasteiger charge is -2.36. The summed E-state index contributed by atoms with van der Waals surface area (Å²) in [5, 5.41) is 0.711. The highest BCUT2D eigenvalue weighted by Gasteiger charge is 2.28. The van der Waals surface area contributed by atoms with Crippen molar-refractivity contribution in [1.29, 1.82) is 0 Å². The highest BCUT2D eigenvalue weighted by atomic mass is 35.5. The van der Waals surface area contributed by atoms with E-state index in [1.165, 1.54) is 0 Å². The number of anilines is 2. The molecule has 1 saturated heterocycles. The van der Waals surface area contributed by atoms with Crippen LogP contribution in [-0.4, -0.2) is 49.5 Å². The first kappa shape index (κ1) is 21.4. The number of carbonyl (C=O) groups is 2. The Hall–Kier alpha value is -3.45. The summed E-state index contributed by atoms with van der Waals surface area (Å²) < 4.78 is 11.4. The molecule has 170 valence electrons. The van der Waals surface area contributed by atoms with Crippen LogP contribution >= 0.6 is 11.6 Å². The number of halogens is 1. The molecule has 3 heterocycles. The van der Waals surface area contributed by atoms with Crippen LogP contribution in [0, 0.1) is 6.92 Å². The van der Waals surface area contributed by atoms with Gasteiger partial charge in [-0.25, -0.2) is 0 Å². The second-order valence-corrected chi connectivity index (χ2v) is 8.64. The molecule has 5 rings (SSSR count). The Morgan fingerprint density at radius 1 is 1.00 bits per heavy atom. The number of para-hydroxylation sites is 1. The molecule has 1 fully saturated rings. The third-order valence-corrected chi connectivity index (χ3v) is 6.32. The summed E-state index contributed by atoms with van der Waals surface area (Å²) in [5.41, 5.74) is 2.75. The van der Waals surface area contributed by atoms with Crippen LogP contribution in [0.25, 0.3) is 0 Å². The fraction of sp³-hybridized carbons (Fsp3) is 0.280. The van der Waals surface area contributed by atoms with Gasteiger partial charge in [0.05, 0.1) is 22.9 Å². The molecule has 0 spiro atoms. The Labute approximate surface area is 197 Å². The number of carbonyl (C=O) groups excluding carboxylic acids is 2. The van der Waals surface area contributed by atoms with E-state index in [4.69, 9.17) is 20.8 Å². The minimum atomic E-state index is -0.149. The number of hydrogen-bond acceptors (Lipinski definition) is 5. The van der Waals surface area contributed by atoms with Gasteiger partial charge in [0.25, 0.3) is 11.8 Å². The number of hydrogen-bond donors (Lipinski definition) is 0. The van der Waals surface area contributed by atoms with E-state index in [9.17, 15) is 9.59 Å². The van der Waals surface area contributed by atoms with Crippen molar-refractivity contribution in [2.24, 2.45) is 0 Å². The van der Waals surface area contributed by atoms with Gasteiger partial charge in [-0.1, -0.05) is 29.8 Å². The number of piperazine rings is 1. The summed E-state index contributed by atoms with van der Waals surface area (Å²) in [6.07, 6.45) is 0. The number of rotatable bonds is 4. The molecule has 2 amide bonds. The van der Waals surface area contributed by atoms with Crippen molar-refractivity contribution in [3.63, 3.8) is 0 Å². The first-order chi connectivity index (χ1) is 16.0. The molecule has 0 bridgehead atoms. The predicted molar refractivity (Wildman–Crippen MR) is 126 cm³/mol. The Morgan fingerprint density at radius 2 is 1.79 bits per heavy atom. The molecule has 7 nitrogen and oxygen atoms in total. The number of furan rings is 1. The monoisotopic (exact) mass is 465 g/mol. The molecule has 2 aromatic carbocycles. The predicted octanol–water partition coefficient (Wildman–Crippen LogP) is 4.13. The minimum absolute atomic E-state index is 0.0152. The summed E-state index contributed by atoms with van der Waals surface area (Å²) in [4.78, 5) is 31.1. The van der Waals surface area contributed by atoms with Gasteiger partial charge in [-0.3, -0.25) is 14.5 Å². The second-order valence-electron chi connectivity index (χ2n) is 8.24. The minimum Gasteiger partial charge on any atom is -0.482 e. The van der Waals surface area contributed by atoms with E-state index in [1.54, 1.807) is 21.9 Å². The van der Waals surface area contributed by atoms with E-state index in [0.29, 0.717) is 48.4 Å². The Morgan fingerprint density at radius 3 is 2.58 bits per heavy atom. The van der Waals surface area contributed by atoms with E-state index >= 15 is 0 Å². The highest BCUT2D eigenvalue weighted by molar-refractivity contribution is 6.33. The number of amides is 2. The Balaban J connectivity index is 1.25. The largest absolute Gasteiger partial charge is 0.482 e. The first-order valence-corrected chi connectivity index (χ1v) is 11.3. The number of nitrogens with zero attached hydrogens (tertiary/aromatic N) is 3. The maximum Gasteiger partial charge on any atom is 0.289 e. The van der Waals surface area contributed by atoms with Crippen molar-refractivity contribution in [2.45, 2.75) is 13.5 Å². The maximum absolute atomic E-state index is 13.0. The van der Waals surface area contributed by atoms with Crippen LogP contribution in [0.1, 0.15) is 21.9 Å². The summed E-state index contributed by atoms with van der Waals surface area (Å²) in [6, 6.07) is 16.9. The van der Waals surface area contributed by atoms with Crippen molar-refractivity contribution in [2.75, 3.05) is 42.6 Å². The number of fused-ring (bicyclic) bond motifs is 1. The van der Waals surface area contributed by atoms with Crippen molar-refractivity contribution in [1.82, 2.24) is 4.90 Å². The van der Waals surface area contributed by atoms with Crippen molar-refractivity contribution < 1.29 is 18.7 Å². The lowest BCUT2D eigenvalue weighted by molar-refractivity contribution is -0.121. The standard InChI is InChI=1S/C25H24ClN3O4/c1-17-6-8-21-23(14-17)32-16-24(30)29(21)15-18-7-9-22(33-18)25(31)28-12-10-27(11-13-28)20-5-3-2-4-19(20)26/h2-9,14H,10-13,15-16H2,1H3. The lowest BCUT2D eigenvalue weighted by Crippen LogP contribution is -2.48. The van der Waals surface area contributed by atoms with E-state index in [0.717, 1.165) is 11.3 Å². The third kappa shape index (κ3) is 4.28.